The fraction of sp³-hybridized carbons (Fsp3) is 0.273. The molecule has 0 aliphatic rings. The van der Waals surface area contributed by atoms with Crippen molar-refractivity contribution >= 4 is 23.2 Å². The largest absolute Gasteiger partial charge is 0.477 e. The summed E-state index contributed by atoms with van der Waals surface area (Å²) in [7, 11) is 0. The van der Waals surface area contributed by atoms with E-state index in [1.807, 2.05) is 0 Å². The minimum Gasteiger partial charge on any atom is -0.477 e. The molecule has 8 heteroatoms. The summed E-state index contributed by atoms with van der Waals surface area (Å²) in [6.45, 7) is 2.05. The van der Waals surface area contributed by atoms with Gasteiger partial charge in [-0.25, -0.2) is 4.79 Å². The predicted molar refractivity (Wildman–Crippen MR) is 66.4 cm³/mol. The Morgan fingerprint density at radius 1 is 1.42 bits per heavy atom. The molecule has 19 heavy (non-hydrogen) atoms. The van der Waals surface area contributed by atoms with E-state index in [0.717, 1.165) is 11.3 Å². The molecule has 0 spiro atoms. The summed E-state index contributed by atoms with van der Waals surface area (Å²) >= 11 is 0.938. The van der Waals surface area contributed by atoms with Crippen LogP contribution in [0.4, 0.5) is 0 Å². The Morgan fingerprint density at radius 2 is 2.16 bits per heavy atom. The number of nitrogens with zero attached hydrogens (tertiary/aromatic N) is 2. The quantitative estimate of drug-likeness (QED) is 0.850. The third-order valence-electron chi connectivity index (χ3n) is 2.24. The van der Waals surface area contributed by atoms with Crippen LogP contribution in [0.3, 0.4) is 0 Å². The third-order valence-corrected chi connectivity index (χ3v) is 3.32. The van der Waals surface area contributed by atoms with E-state index in [1.165, 1.54) is 12.1 Å². The lowest BCUT2D eigenvalue weighted by atomic mass is 10.3. The Morgan fingerprint density at radius 3 is 2.74 bits per heavy atom. The molecule has 0 fully saturated rings. The van der Waals surface area contributed by atoms with Crippen molar-refractivity contribution in [1.82, 2.24) is 15.5 Å². The van der Waals surface area contributed by atoms with E-state index >= 15 is 0 Å². The Hall–Kier alpha value is -2.22. The van der Waals surface area contributed by atoms with Gasteiger partial charge in [-0.2, -0.15) is 4.98 Å². The first-order valence-electron chi connectivity index (χ1n) is 5.47. The summed E-state index contributed by atoms with van der Waals surface area (Å²) < 4.78 is 4.80. The number of carbonyl (C=O) groups is 2. The normalized spacial score (nSPS) is 10.4. The number of aromatic nitrogens is 2. The molecular formula is C11H11N3O4S. The number of thiophene rings is 1. The summed E-state index contributed by atoms with van der Waals surface area (Å²) in [6.07, 6.45) is 0.459. The van der Waals surface area contributed by atoms with Crippen molar-refractivity contribution in [3.05, 3.63) is 33.6 Å². The summed E-state index contributed by atoms with van der Waals surface area (Å²) in [5, 5.41) is 15.1. The monoisotopic (exact) mass is 281 g/mol. The van der Waals surface area contributed by atoms with Crippen molar-refractivity contribution in [3.63, 3.8) is 0 Å². The molecule has 0 bridgehead atoms. The smallest absolute Gasteiger partial charge is 0.345 e. The predicted octanol–water partition coefficient (Wildman–Crippen LogP) is 1.11. The Bertz CT molecular complexity index is 605. The van der Waals surface area contributed by atoms with Gasteiger partial charge < -0.3 is 14.9 Å². The van der Waals surface area contributed by atoms with Crippen molar-refractivity contribution < 1.29 is 19.2 Å². The number of hydrogen-bond acceptors (Lipinski definition) is 6. The highest BCUT2D eigenvalue weighted by Gasteiger charge is 2.12. The standard InChI is InChI=1S/C11H11N3O4S/c1-6-13-9(14-18-6)4-5-12-10(15)7-2-3-8(19-7)11(16)17/h2-3H,4-5H2,1H3,(H,12,15)(H,16,17). The fourth-order valence-electron chi connectivity index (χ4n) is 1.39. The van der Waals surface area contributed by atoms with Gasteiger partial charge >= 0.3 is 5.97 Å². The van der Waals surface area contributed by atoms with E-state index in [0.29, 0.717) is 29.6 Å². The van der Waals surface area contributed by atoms with Crippen LogP contribution >= 0.6 is 11.3 Å². The highest BCUT2D eigenvalue weighted by molar-refractivity contribution is 7.15. The number of carbonyl (C=O) groups excluding carboxylic acids is 1. The van der Waals surface area contributed by atoms with Crippen LogP contribution in [-0.2, 0) is 6.42 Å². The average Bonchev–Trinajstić information content (AvgIpc) is 2.98. The summed E-state index contributed by atoms with van der Waals surface area (Å²) in [5.74, 6) is -0.343. The second-order valence-corrected chi connectivity index (χ2v) is 4.79. The van der Waals surface area contributed by atoms with Crippen LogP contribution in [-0.4, -0.2) is 33.7 Å². The van der Waals surface area contributed by atoms with Crippen LogP contribution in [0.5, 0.6) is 0 Å². The Labute approximate surface area is 112 Å². The van der Waals surface area contributed by atoms with E-state index < -0.39 is 5.97 Å². The van der Waals surface area contributed by atoms with Gasteiger partial charge in [0.1, 0.15) is 4.88 Å². The topological polar surface area (TPSA) is 105 Å². The number of amides is 1. The average molecular weight is 281 g/mol. The van der Waals surface area contributed by atoms with Crippen molar-refractivity contribution in [2.45, 2.75) is 13.3 Å². The van der Waals surface area contributed by atoms with E-state index in [-0.39, 0.29) is 10.8 Å². The number of aromatic carboxylic acids is 1. The van der Waals surface area contributed by atoms with E-state index in [4.69, 9.17) is 9.63 Å². The number of aryl methyl sites for hydroxylation is 1. The maximum atomic E-state index is 11.7. The molecule has 0 saturated heterocycles. The van der Waals surface area contributed by atoms with Gasteiger partial charge in [0.05, 0.1) is 4.88 Å². The van der Waals surface area contributed by atoms with Crippen LogP contribution in [0, 0.1) is 6.92 Å². The second-order valence-electron chi connectivity index (χ2n) is 3.70. The molecule has 2 heterocycles. The van der Waals surface area contributed by atoms with Crippen LogP contribution in [0.2, 0.25) is 0 Å². The lowest BCUT2D eigenvalue weighted by Crippen LogP contribution is -2.25. The molecule has 0 saturated carbocycles. The van der Waals surface area contributed by atoms with Gasteiger partial charge in [0.25, 0.3) is 5.91 Å². The highest BCUT2D eigenvalue weighted by atomic mass is 32.1. The lowest BCUT2D eigenvalue weighted by molar-refractivity contribution is 0.0702. The van der Waals surface area contributed by atoms with Crippen LogP contribution in [0.1, 0.15) is 31.1 Å². The summed E-state index contributed by atoms with van der Waals surface area (Å²) in [5.41, 5.74) is 0. The molecule has 0 aliphatic heterocycles. The Balaban J connectivity index is 1.85. The van der Waals surface area contributed by atoms with Gasteiger partial charge in [-0.15, -0.1) is 11.3 Å². The van der Waals surface area contributed by atoms with Crippen molar-refractivity contribution in [3.8, 4) is 0 Å². The fourth-order valence-corrected chi connectivity index (χ4v) is 2.15. The molecule has 2 rings (SSSR count). The second kappa shape index (κ2) is 5.61. The molecule has 0 radical (unpaired) electrons. The van der Waals surface area contributed by atoms with Gasteiger partial charge in [-0.1, -0.05) is 5.16 Å². The maximum Gasteiger partial charge on any atom is 0.345 e. The molecule has 0 aliphatic carbocycles. The molecule has 100 valence electrons. The number of nitrogens with one attached hydrogen (secondary N) is 1. The van der Waals surface area contributed by atoms with Gasteiger partial charge in [-0.05, 0) is 12.1 Å². The number of hydrogen-bond donors (Lipinski definition) is 2. The Kier molecular flexibility index (Phi) is 3.91. The minimum atomic E-state index is -1.04. The zero-order chi connectivity index (χ0) is 13.8. The molecule has 2 aromatic rings. The zero-order valence-electron chi connectivity index (χ0n) is 10.0. The number of carboxylic acids is 1. The van der Waals surface area contributed by atoms with Crippen molar-refractivity contribution in [2.75, 3.05) is 6.54 Å². The van der Waals surface area contributed by atoms with Crippen molar-refractivity contribution in [1.29, 1.82) is 0 Å². The summed E-state index contributed by atoms with van der Waals surface area (Å²) in [6, 6.07) is 2.90. The molecule has 1 amide bonds. The zero-order valence-corrected chi connectivity index (χ0v) is 10.9. The first-order valence-corrected chi connectivity index (χ1v) is 6.28. The number of carboxylic acid groups (broad SMARTS) is 1. The van der Waals surface area contributed by atoms with Gasteiger partial charge in [-0.3, -0.25) is 4.79 Å². The minimum absolute atomic E-state index is 0.138. The van der Waals surface area contributed by atoms with Crippen LogP contribution in [0.25, 0.3) is 0 Å². The molecule has 7 nitrogen and oxygen atoms in total. The first kappa shape index (κ1) is 13.2. The highest BCUT2D eigenvalue weighted by Crippen LogP contribution is 2.16. The van der Waals surface area contributed by atoms with E-state index in [1.54, 1.807) is 6.92 Å². The molecule has 0 aromatic carbocycles. The summed E-state index contributed by atoms with van der Waals surface area (Å²) in [4.78, 5) is 26.9. The molecule has 2 aromatic heterocycles. The molecule has 2 N–H and O–H groups in total. The van der Waals surface area contributed by atoms with Crippen molar-refractivity contribution in [2.24, 2.45) is 0 Å². The number of rotatable bonds is 5. The van der Waals surface area contributed by atoms with Gasteiger partial charge in [0, 0.05) is 19.9 Å². The maximum absolute atomic E-state index is 11.7. The SMILES string of the molecule is Cc1nc(CCNC(=O)c2ccc(C(=O)O)s2)no1. The van der Waals surface area contributed by atoms with Gasteiger partial charge in [0.2, 0.25) is 5.89 Å². The van der Waals surface area contributed by atoms with Crippen LogP contribution in [0.15, 0.2) is 16.7 Å². The van der Waals surface area contributed by atoms with E-state index in [2.05, 4.69) is 15.5 Å². The molecule has 0 atom stereocenters. The van der Waals surface area contributed by atoms with Gasteiger partial charge in [0.15, 0.2) is 5.82 Å². The molecular weight excluding hydrogens is 270 g/mol. The molecule has 0 unspecified atom stereocenters. The van der Waals surface area contributed by atoms with E-state index in [9.17, 15) is 9.59 Å². The lowest BCUT2D eigenvalue weighted by Gasteiger charge is -2.00. The first-order chi connectivity index (χ1) is 9.06. The van der Waals surface area contributed by atoms with Crippen LogP contribution < -0.4 is 5.32 Å². The third kappa shape index (κ3) is 3.38.